The summed E-state index contributed by atoms with van der Waals surface area (Å²) in [7, 11) is 3.60. The van der Waals surface area contributed by atoms with Gasteiger partial charge in [0.1, 0.15) is 22.8 Å². The van der Waals surface area contributed by atoms with Gasteiger partial charge >= 0.3 is 0 Å². The van der Waals surface area contributed by atoms with E-state index in [0.717, 1.165) is 59.0 Å². The highest BCUT2D eigenvalue weighted by Gasteiger charge is 2.47. The number of aromatic hydroxyl groups is 1. The van der Waals surface area contributed by atoms with E-state index in [2.05, 4.69) is 16.7 Å². The number of nitrogens with zero attached hydrogens (tertiary/aromatic N) is 4. The third-order valence-corrected chi connectivity index (χ3v) is 9.80. The zero-order valence-electron chi connectivity index (χ0n) is 24.3. The molecule has 2 bridgehead atoms. The Bertz CT molecular complexity index is 1920. The Labute approximate surface area is 248 Å². The topological polar surface area (TPSA) is 98.5 Å². The normalized spacial score (nSPS) is 21.4. The van der Waals surface area contributed by atoms with Crippen LogP contribution in [0.15, 0.2) is 54.6 Å². The van der Waals surface area contributed by atoms with Gasteiger partial charge in [0.2, 0.25) is 0 Å². The van der Waals surface area contributed by atoms with E-state index < -0.39 is 5.82 Å². The number of nitrogens with two attached hydrogens (primary N) is 1. The molecule has 3 aliphatic rings. The van der Waals surface area contributed by atoms with Gasteiger partial charge in [-0.1, -0.05) is 12.1 Å². The number of phenols is 1. The van der Waals surface area contributed by atoms with Crippen LogP contribution >= 0.6 is 0 Å². The van der Waals surface area contributed by atoms with E-state index in [4.69, 9.17) is 15.5 Å². The number of carbonyl (C=O) groups is 1. The third-order valence-electron chi connectivity index (χ3n) is 9.80. The Morgan fingerprint density at radius 2 is 1.91 bits per heavy atom. The Morgan fingerprint density at radius 3 is 2.60 bits per heavy atom. The summed E-state index contributed by atoms with van der Waals surface area (Å²) in [6.45, 7) is 1.55. The molecule has 0 unspecified atom stereocenters. The Hall–Kier alpha value is -4.37. The molecule has 2 aromatic heterocycles. The van der Waals surface area contributed by atoms with Crippen molar-refractivity contribution in [3.63, 3.8) is 0 Å². The molecule has 1 saturated heterocycles. The number of aromatic nitrogens is 3. The molecule has 8 rings (SSSR count). The van der Waals surface area contributed by atoms with Crippen molar-refractivity contribution in [2.24, 2.45) is 24.6 Å². The van der Waals surface area contributed by atoms with Crippen molar-refractivity contribution in [1.82, 2.24) is 19.0 Å². The molecule has 220 valence electrons. The number of hydrogen-bond acceptors (Lipinski definition) is 5. The highest BCUT2D eigenvalue weighted by Crippen LogP contribution is 2.41. The van der Waals surface area contributed by atoms with Gasteiger partial charge in [0.25, 0.3) is 5.91 Å². The minimum absolute atomic E-state index is 0.0196. The molecule has 3 fully saturated rings. The molecule has 1 aliphatic heterocycles. The summed E-state index contributed by atoms with van der Waals surface area (Å²) in [5, 5.41) is 11.1. The first kappa shape index (κ1) is 26.3. The van der Waals surface area contributed by atoms with Gasteiger partial charge in [-0.3, -0.25) is 4.79 Å². The molecular formula is C34H34FN5O3. The Balaban J connectivity index is 1.25. The van der Waals surface area contributed by atoms with E-state index in [-0.39, 0.29) is 23.7 Å². The van der Waals surface area contributed by atoms with Crippen LogP contribution in [0.1, 0.15) is 36.0 Å². The second-order valence-electron chi connectivity index (χ2n) is 12.5. The Morgan fingerprint density at radius 1 is 1.07 bits per heavy atom. The Kier molecular flexibility index (Phi) is 5.85. The number of piperidine rings is 1. The fourth-order valence-corrected chi connectivity index (χ4v) is 7.38. The largest absolute Gasteiger partial charge is 0.508 e. The molecule has 8 nitrogen and oxygen atoms in total. The molecule has 9 heteroatoms. The zero-order valence-corrected chi connectivity index (χ0v) is 24.3. The quantitative estimate of drug-likeness (QED) is 0.270. The summed E-state index contributed by atoms with van der Waals surface area (Å²) in [5.41, 5.74) is 11.9. The van der Waals surface area contributed by atoms with Gasteiger partial charge < -0.3 is 29.6 Å². The van der Waals surface area contributed by atoms with E-state index in [9.17, 15) is 14.3 Å². The number of hydrogen-bond donors (Lipinski definition) is 2. The molecule has 3 aromatic carbocycles. The summed E-state index contributed by atoms with van der Waals surface area (Å²) in [4.78, 5) is 20.7. The molecular weight excluding hydrogens is 545 g/mol. The van der Waals surface area contributed by atoms with E-state index in [1.165, 1.54) is 18.9 Å². The van der Waals surface area contributed by atoms with Crippen molar-refractivity contribution in [3.8, 4) is 34.1 Å². The van der Waals surface area contributed by atoms with Crippen LogP contribution in [0, 0.1) is 17.7 Å². The highest BCUT2D eigenvalue weighted by molar-refractivity contribution is 6.00. The van der Waals surface area contributed by atoms with Crippen LogP contribution < -0.4 is 10.5 Å². The van der Waals surface area contributed by atoms with Crippen LogP contribution in [-0.4, -0.2) is 55.8 Å². The summed E-state index contributed by atoms with van der Waals surface area (Å²) >= 11 is 0. The van der Waals surface area contributed by atoms with Gasteiger partial charge in [0, 0.05) is 54.8 Å². The van der Waals surface area contributed by atoms with Gasteiger partial charge in [-0.25, -0.2) is 9.37 Å². The zero-order chi connectivity index (χ0) is 29.6. The standard InChI is InChI=1S/C34H34FN5O3/c1-38-32-26(11-23(14-30(32)43-2)34(42)40-17-21-7-8-27(40)31(21)36)37-33(38)29-13-20-6-5-19(22-9-24(35)15-25(41)10-22)12-28(20)39(29)16-18-3-4-18/h5-6,9-15,18,21,27,31,41H,3-4,7-8,16-17,36H2,1-2H3/t21-,27-,31-/m1/s1. The first-order valence-corrected chi connectivity index (χ1v) is 15.0. The first-order valence-electron chi connectivity index (χ1n) is 15.0. The monoisotopic (exact) mass is 579 g/mol. The van der Waals surface area contributed by atoms with E-state index in [1.807, 2.05) is 40.8 Å². The summed E-state index contributed by atoms with van der Waals surface area (Å²) in [6.07, 6.45) is 4.40. The molecule has 3 heterocycles. The van der Waals surface area contributed by atoms with E-state index in [0.29, 0.717) is 40.8 Å². The van der Waals surface area contributed by atoms with Crippen LogP contribution in [0.4, 0.5) is 4.39 Å². The second-order valence-corrected chi connectivity index (χ2v) is 12.5. The maximum absolute atomic E-state index is 14.1. The molecule has 2 saturated carbocycles. The van der Waals surface area contributed by atoms with Crippen LogP contribution in [0.25, 0.3) is 44.6 Å². The summed E-state index contributed by atoms with van der Waals surface area (Å²) in [5.74, 6) is 1.75. The van der Waals surface area contributed by atoms with Gasteiger partial charge in [0.15, 0.2) is 5.82 Å². The van der Waals surface area contributed by atoms with Crippen molar-refractivity contribution in [2.75, 3.05) is 13.7 Å². The molecule has 0 radical (unpaired) electrons. The molecule has 1 amide bonds. The minimum Gasteiger partial charge on any atom is -0.508 e. The van der Waals surface area contributed by atoms with Crippen LogP contribution in [0.3, 0.4) is 0 Å². The van der Waals surface area contributed by atoms with E-state index in [1.54, 1.807) is 13.2 Å². The number of likely N-dealkylation sites (tertiary alicyclic amines) is 1. The smallest absolute Gasteiger partial charge is 0.254 e. The second kappa shape index (κ2) is 9.57. The number of rotatable bonds is 6. The predicted molar refractivity (Wildman–Crippen MR) is 164 cm³/mol. The molecule has 0 spiro atoms. The van der Waals surface area contributed by atoms with Crippen molar-refractivity contribution in [3.05, 3.63) is 66.0 Å². The van der Waals surface area contributed by atoms with Crippen LogP contribution in [0.2, 0.25) is 0 Å². The SMILES string of the molecule is COc1cc(C(=O)N2C[C@H]3CC[C@@H]2[C@@H]3N)cc2nc(-c3cc4ccc(-c5cc(O)cc(F)c5)cc4n3CC3CC3)n(C)c12. The fourth-order valence-electron chi connectivity index (χ4n) is 7.38. The third kappa shape index (κ3) is 4.20. The number of carbonyl (C=O) groups excluding carboxylic acids is 1. The molecule has 2 aliphatic carbocycles. The lowest BCUT2D eigenvalue weighted by Crippen LogP contribution is -2.41. The number of phenolic OH excluding ortho intramolecular Hbond substituents is 1. The molecule has 3 N–H and O–H groups in total. The maximum atomic E-state index is 14.1. The minimum atomic E-state index is -0.476. The maximum Gasteiger partial charge on any atom is 0.254 e. The summed E-state index contributed by atoms with van der Waals surface area (Å²) in [6, 6.07) is 16.2. The predicted octanol–water partition coefficient (Wildman–Crippen LogP) is 5.69. The van der Waals surface area contributed by atoms with Gasteiger partial charge in [-0.2, -0.15) is 0 Å². The lowest BCUT2D eigenvalue weighted by molar-refractivity contribution is 0.0700. The lowest BCUT2D eigenvalue weighted by atomic mass is 10.0. The molecule has 3 atom stereocenters. The van der Waals surface area contributed by atoms with Gasteiger partial charge in [-0.05, 0) is 85.0 Å². The van der Waals surface area contributed by atoms with Crippen LogP contribution in [-0.2, 0) is 13.6 Å². The van der Waals surface area contributed by atoms with Gasteiger partial charge in [-0.15, -0.1) is 0 Å². The molecule has 5 aromatic rings. The van der Waals surface area contributed by atoms with Crippen molar-refractivity contribution in [2.45, 2.75) is 44.3 Å². The number of ether oxygens (including phenoxy) is 1. The van der Waals surface area contributed by atoms with E-state index >= 15 is 0 Å². The fraction of sp³-hybridized carbons (Fsp3) is 0.353. The molecule has 43 heavy (non-hydrogen) atoms. The van der Waals surface area contributed by atoms with Gasteiger partial charge in [0.05, 0.1) is 18.3 Å². The average Bonchev–Trinajstić information content (AvgIpc) is 3.40. The number of imidazole rings is 1. The number of aryl methyl sites for hydroxylation is 1. The van der Waals surface area contributed by atoms with Crippen molar-refractivity contribution >= 4 is 27.8 Å². The van der Waals surface area contributed by atoms with Crippen molar-refractivity contribution < 1.29 is 19.0 Å². The van der Waals surface area contributed by atoms with Crippen molar-refractivity contribution in [1.29, 1.82) is 0 Å². The summed E-state index contributed by atoms with van der Waals surface area (Å²) < 4.78 is 24.3. The number of amides is 1. The number of benzene rings is 3. The number of halogens is 1. The average molecular weight is 580 g/mol. The first-order chi connectivity index (χ1) is 20.8. The number of fused-ring (bicyclic) bond motifs is 4. The van der Waals surface area contributed by atoms with Crippen LogP contribution in [0.5, 0.6) is 11.5 Å². The lowest BCUT2D eigenvalue weighted by Gasteiger charge is -2.27. The highest BCUT2D eigenvalue weighted by atomic mass is 19.1. The number of methoxy groups -OCH3 is 1.